The van der Waals surface area contributed by atoms with Crippen molar-refractivity contribution in [3.63, 3.8) is 0 Å². The molecule has 0 saturated carbocycles. The minimum absolute atomic E-state index is 0.0271. The van der Waals surface area contributed by atoms with Crippen LogP contribution in [0.2, 0.25) is 0 Å². The molecule has 1 fully saturated rings. The number of carboxylic acids is 1. The van der Waals surface area contributed by atoms with Gasteiger partial charge in [-0.3, -0.25) is 4.98 Å². The van der Waals surface area contributed by atoms with Gasteiger partial charge in [0, 0.05) is 13.1 Å². The predicted molar refractivity (Wildman–Crippen MR) is 67.7 cm³/mol. The number of hydrogen-bond donors (Lipinski definition) is 2. The first kappa shape index (κ1) is 12.8. The van der Waals surface area contributed by atoms with Gasteiger partial charge in [0.1, 0.15) is 5.82 Å². The standard InChI is InChI=1S/C12H18N4O2/c1-16-4-2-3-9(8-16)5-14-11-7-13-6-10(15-11)12(17)18/h6-7,9H,2-5,8H2,1H3,(H,14,15)(H,17,18). The highest BCUT2D eigenvalue weighted by Gasteiger charge is 2.17. The number of rotatable bonds is 4. The van der Waals surface area contributed by atoms with Gasteiger partial charge in [-0.15, -0.1) is 0 Å². The Morgan fingerprint density at radius 1 is 1.61 bits per heavy atom. The van der Waals surface area contributed by atoms with Crippen LogP contribution in [0.1, 0.15) is 23.3 Å². The molecule has 1 aromatic heterocycles. The van der Waals surface area contributed by atoms with Crippen LogP contribution in [0.5, 0.6) is 0 Å². The van der Waals surface area contributed by atoms with Crippen LogP contribution < -0.4 is 5.32 Å². The number of nitrogens with zero attached hydrogens (tertiary/aromatic N) is 3. The van der Waals surface area contributed by atoms with Crippen molar-refractivity contribution < 1.29 is 9.90 Å². The molecule has 0 aromatic carbocycles. The lowest BCUT2D eigenvalue weighted by molar-refractivity contribution is 0.0690. The second-order valence-electron chi connectivity index (χ2n) is 4.75. The van der Waals surface area contributed by atoms with Crippen molar-refractivity contribution in [3.8, 4) is 0 Å². The third kappa shape index (κ3) is 3.40. The summed E-state index contributed by atoms with van der Waals surface area (Å²) in [6.45, 7) is 3.03. The van der Waals surface area contributed by atoms with E-state index in [1.54, 1.807) is 6.20 Å². The van der Waals surface area contributed by atoms with Crippen molar-refractivity contribution in [2.75, 3.05) is 32.0 Å². The third-order valence-corrected chi connectivity index (χ3v) is 3.15. The number of piperidine rings is 1. The molecule has 0 amide bonds. The highest BCUT2D eigenvalue weighted by atomic mass is 16.4. The summed E-state index contributed by atoms with van der Waals surface area (Å²) in [7, 11) is 2.12. The largest absolute Gasteiger partial charge is 0.476 e. The van der Waals surface area contributed by atoms with E-state index in [1.807, 2.05) is 0 Å². The van der Waals surface area contributed by atoms with Gasteiger partial charge in [-0.25, -0.2) is 9.78 Å². The fourth-order valence-electron chi connectivity index (χ4n) is 2.24. The van der Waals surface area contributed by atoms with Gasteiger partial charge < -0.3 is 15.3 Å². The van der Waals surface area contributed by atoms with Gasteiger partial charge in [0.2, 0.25) is 0 Å². The number of aromatic nitrogens is 2. The number of hydrogen-bond acceptors (Lipinski definition) is 5. The summed E-state index contributed by atoms with van der Waals surface area (Å²) >= 11 is 0. The molecule has 1 aromatic rings. The number of carboxylic acid groups (broad SMARTS) is 1. The molecular formula is C12H18N4O2. The van der Waals surface area contributed by atoms with E-state index in [2.05, 4.69) is 27.2 Å². The molecule has 0 bridgehead atoms. The van der Waals surface area contributed by atoms with Crippen LogP contribution in [0.15, 0.2) is 12.4 Å². The minimum atomic E-state index is -1.05. The molecule has 2 N–H and O–H groups in total. The molecule has 2 rings (SSSR count). The topological polar surface area (TPSA) is 78.4 Å². The zero-order valence-corrected chi connectivity index (χ0v) is 10.5. The Bertz CT molecular complexity index is 424. The molecule has 0 aliphatic carbocycles. The molecule has 98 valence electrons. The molecule has 1 aliphatic heterocycles. The van der Waals surface area contributed by atoms with Crippen LogP contribution in [0.3, 0.4) is 0 Å². The van der Waals surface area contributed by atoms with Crippen LogP contribution in [0, 0.1) is 5.92 Å². The van der Waals surface area contributed by atoms with E-state index in [-0.39, 0.29) is 5.69 Å². The Balaban J connectivity index is 1.89. The van der Waals surface area contributed by atoms with Gasteiger partial charge in [0.25, 0.3) is 0 Å². The fourth-order valence-corrected chi connectivity index (χ4v) is 2.24. The molecule has 0 spiro atoms. The second-order valence-corrected chi connectivity index (χ2v) is 4.75. The third-order valence-electron chi connectivity index (χ3n) is 3.15. The van der Waals surface area contributed by atoms with Crippen LogP contribution in [0.4, 0.5) is 5.82 Å². The molecule has 1 aliphatic rings. The van der Waals surface area contributed by atoms with Crippen molar-refractivity contribution in [1.29, 1.82) is 0 Å². The summed E-state index contributed by atoms with van der Waals surface area (Å²) in [5, 5.41) is 12.0. The lowest BCUT2D eigenvalue weighted by atomic mass is 9.98. The van der Waals surface area contributed by atoms with E-state index < -0.39 is 5.97 Å². The van der Waals surface area contributed by atoms with E-state index in [0.717, 1.165) is 19.6 Å². The number of aromatic carboxylic acids is 1. The van der Waals surface area contributed by atoms with E-state index in [0.29, 0.717) is 11.7 Å². The monoisotopic (exact) mass is 250 g/mol. The van der Waals surface area contributed by atoms with Crippen molar-refractivity contribution in [1.82, 2.24) is 14.9 Å². The first-order chi connectivity index (χ1) is 8.65. The van der Waals surface area contributed by atoms with Gasteiger partial charge in [0.05, 0.1) is 12.4 Å². The molecular weight excluding hydrogens is 232 g/mol. The van der Waals surface area contributed by atoms with Crippen molar-refractivity contribution >= 4 is 11.8 Å². The number of carbonyl (C=O) groups is 1. The number of anilines is 1. The lowest BCUT2D eigenvalue weighted by Crippen LogP contribution is -2.35. The quantitative estimate of drug-likeness (QED) is 0.827. The Kier molecular flexibility index (Phi) is 4.09. The van der Waals surface area contributed by atoms with Gasteiger partial charge in [-0.1, -0.05) is 0 Å². The summed E-state index contributed by atoms with van der Waals surface area (Å²) in [6, 6.07) is 0. The van der Waals surface area contributed by atoms with Crippen LogP contribution in [-0.4, -0.2) is 52.6 Å². The highest BCUT2D eigenvalue weighted by Crippen LogP contribution is 2.15. The Morgan fingerprint density at radius 2 is 2.44 bits per heavy atom. The summed E-state index contributed by atoms with van der Waals surface area (Å²) in [5.41, 5.74) is -0.0271. The average Bonchev–Trinajstić information content (AvgIpc) is 2.37. The summed E-state index contributed by atoms with van der Waals surface area (Å²) in [6.07, 6.45) is 5.22. The van der Waals surface area contributed by atoms with E-state index >= 15 is 0 Å². The van der Waals surface area contributed by atoms with Crippen LogP contribution >= 0.6 is 0 Å². The Hall–Kier alpha value is -1.69. The van der Waals surface area contributed by atoms with Gasteiger partial charge in [-0.2, -0.15) is 0 Å². The smallest absolute Gasteiger partial charge is 0.356 e. The lowest BCUT2D eigenvalue weighted by Gasteiger charge is -2.29. The predicted octanol–water partition coefficient (Wildman–Crippen LogP) is 0.928. The Morgan fingerprint density at radius 3 is 3.17 bits per heavy atom. The maximum absolute atomic E-state index is 10.8. The van der Waals surface area contributed by atoms with E-state index in [4.69, 9.17) is 5.11 Å². The zero-order valence-electron chi connectivity index (χ0n) is 10.5. The molecule has 1 saturated heterocycles. The molecule has 2 heterocycles. The maximum Gasteiger partial charge on any atom is 0.356 e. The highest BCUT2D eigenvalue weighted by molar-refractivity contribution is 5.85. The number of likely N-dealkylation sites (tertiary alicyclic amines) is 1. The molecule has 18 heavy (non-hydrogen) atoms. The summed E-state index contributed by atoms with van der Waals surface area (Å²) in [5.74, 6) is 0.0608. The zero-order chi connectivity index (χ0) is 13.0. The van der Waals surface area contributed by atoms with Gasteiger partial charge >= 0.3 is 5.97 Å². The molecule has 6 nitrogen and oxygen atoms in total. The molecule has 1 unspecified atom stereocenters. The van der Waals surface area contributed by atoms with Crippen LogP contribution in [-0.2, 0) is 0 Å². The first-order valence-corrected chi connectivity index (χ1v) is 6.13. The van der Waals surface area contributed by atoms with Crippen molar-refractivity contribution in [2.24, 2.45) is 5.92 Å². The SMILES string of the molecule is CN1CCCC(CNc2cncc(C(=O)O)n2)C1. The molecule has 1 atom stereocenters. The normalized spacial score (nSPS) is 20.6. The van der Waals surface area contributed by atoms with Crippen molar-refractivity contribution in [2.45, 2.75) is 12.8 Å². The molecule has 6 heteroatoms. The van der Waals surface area contributed by atoms with E-state index in [9.17, 15) is 4.79 Å². The fraction of sp³-hybridized carbons (Fsp3) is 0.583. The maximum atomic E-state index is 10.8. The van der Waals surface area contributed by atoms with Gasteiger partial charge in [-0.05, 0) is 32.4 Å². The first-order valence-electron chi connectivity index (χ1n) is 6.13. The number of nitrogens with one attached hydrogen (secondary N) is 1. The van der Waals surface area contributed by atoms with Gasteiger partial charge in [0.15, 0.2) is 5.69 Å². The molecule has 0 radical (unpaired) electrons. The summed E-state index contributed by atoms with van der Waals surface area (Å²) in [4.78, 5) is 20.9. The van der Waals surface area contributed by atoms with E-state index in [1.165, 1.54) is 19.0 Å². The van der Waals surface area contributed by atoms with Crippen molar-refractivity contribution in [3.05, 3.63) is 18.1 Å². The van der Waals surface area contributed by atoms with Crippen LogP contribution in [0.25, 0.3) is 0 Å². The second kappa shape index (κ2) is 5.77. The average molecular weight is 250 g/mol. The summed E-state index contributed by atoms with van der Waals surface area (Å²) < 4.78 is 0. The Labute approximate surface area is 106 Å². The minimum Gasteiger partial charge on any atom is -0.476 e.